The van der Waals surface area contributed by atoms with Crippen molar-refractivity contribution in [1.82, 2.24) is 9.47 Å². The molecule has 1 aliphatic rings. The lowest BCUT2D eigenvalue weighted by atomic mass is 10.1. The molecule has 0 spiro atoms. The number of aromatic nitrogens is 1. The summed E-state index contributed by atoms with van der Waals surface area (Å²) in [5.74, 6) is -0.397. The van der Waals surface area contributed by atoms with Crippen LogP contribution in [-0.2, 0) is 12.8 Å². The summed E-state index contributed by atoms with van der Waals surface area (Å²) in [6.07, 6.45) is 4.07. The molecule has 0 unspecified atom stereocenters. The summed E-state index contributed by atoms with van der Waals surface area (Å²) >= 11 is 12.1. The first-order chi connectivity index (χ1) is 12.9. The van der Waals surface area contributed by atoms with E-state index in [9.17, 15) is 4.39 Å². The number of hydrogen-bond acceptors (Lipinski definition) is 1. The third-order valence-electron chi connectivity index (χ3n) is 5.35. The van der Waals surface area contributed by atoms with E-state index in [1.165, 1.54) is 22.7 Å². The summed E-state index contributed by atoms with van der Waals surface area (Å²) in [7, 11) is 2.16. The van der Waals surface area contributed by atoms with Crippen LogP contribution in [0.5, 0.6) is 0 Å². The number of allylic oxidation sites excluding steroid dienone is 1. The first-order valence-electron chi connectivity index (χ1n) is 9.07. The Morgan fingerprint density at radius 1 is 1.07 bits per heavy atom. The van der Waals surface area contributed by atoms with Gasteiger partial charge in [-0.05, 0) is 67.4 Å². The number of hydrogen-bond donors (Lipinski definition) is 0. The fourth-order valence-corrected chi connectivity index (χ4v) is 4.11. The number of benzene rings is 2. The molecule has 2 aromatic carbocycles. The minimum atomic E-state index is -0.397. The molecule has 0 bridgehead atoms. The van der Waals surface area contributed by atoms with Gasteiger partial charge in [0, 0.05) is 41.8 Å². The van der Waals surface area contributed by atoms with Crippen molar-refractivity contribution >= 4 is 45.9 Å². The first-order valence-corrected chi connectivity index (χ1v) is 9.83. The van der Waals surface area contributed by atoms with E-state index in [2.05, 4.69) is 34.8 Å². The molecule has 0 saturated heterocycles. The number of halogens is 3. The second kappa shape index (κ2) is 7.31. The van der Waals surface area contributed by atoms with E-state index >= 15 is 0 Å². The average molecular weight is 403 g/mol. The number of fused-ring (bicyclic) bond motifs is 3. The highest BCUT2D eigenvalue weighted by Crippen LogP contribution is 2.33. The largest absolute Gasteiger partial charge is 0.320 e. The number of likely N-dealkylation sites (N-methyl/N-ethyl adjacent to an activating group) is 1. The molecule has 0 amide bonds. The van der Waals surface area contributed by atoms with Crippen molar-refractivity contribution in [3.8, 4) is 0 Å². The van der Waals surface area contributed by atoms with Crippen molar-refractivity contribution in [3.05, 3.63) is 69.1 Å². The van der Waals surface area contributed by atoms with Gasteiger partial charge in [-0.3, -0.25) is 0 Å². The van der Waals surface area contributed by atoms with E-state index in [0.29, 0.717) is 0 Å². The molecule has 3 aromatic rings. The van der Waals surface area contributed by atoms with Crippen LogP contribution in [0.1, 0.15) is 23.7 Å². The van der Waals surface area contributed by atoms with Crippen LogP contribution in [0.25, 0.3) is 22.7 Å². The van der Waals surface area contributed by atoms with Crippen LogP contribution >= 0.6 is 23.2 Å². The van der Waals surface area contributed by atoms with Crippen LogP contribution in [0.15, 0.2) is 36.4 Å². The average Bonchev–Trinajstić information content (AvgIpc) is 2.78. The maximum absolute atomic E-state index is 13.9. The van der Waals surface area contributed by atoms with Gasteiger partial charge in [0.1, 0.15) is 5.82 Å². The van der Waals surface area contributed by atoms with Crippen molar-refractivity contribution in [2.24, 2.45) is 0 Å². The highest BCUT2D eigenvalue weighted by Gasteiger charge is 2.20. The Kier molecular flexibility index (Phi) is 5.02. The molecule has 2 heterocycles. The zero-order chi connectivity index (χ0) is 19.1. The van der Waals surface area contributed by atoms with E-state index in [1.54, 1.807) is 6.07 Å². The Balaban J connectivity index is 1.89. The van der Waals surface area contributed by atoms with Gasteiger partial charge in [-0.2, -0.15) is 0 Å². The fraction of sp³-hybridized carbons (Fsp3) is 0.273. The Bertz CT molecular complexity index is 1050. The summed E-state index contributed by atoms with van der Waals surface area (Å²) in [6.45, 7) is 4.04. The summed E-state index contributed by atoms with van der Waals surface area (Å²) < 4.78 is 16.2. The molecule has 5 heteroatoms. The monoisotopic (exact) mass is 402 g/mol. The molecule has 4 rings (SSSR count). The van der Waals surface area contributed by atoms with E-state index in [4.69, 9.17) is 23.2 Å². The number of nitrogens with zero attached hydrogens (tertiary/aromatic N) is 2. The van der Waals surface area contributed by atoms with Gasteiger partial charge in [0.2, 0.25) is 0 Å². The lowest BCUT2D eigenvalue weighted by Gasteiger charge is -2.13. The van der Waals surface area contributed by atoms with Crippen LogP contribution in [0, 0.1) is 5.82 Å². The summed E-state index contributed by atoms with van der Waals surface area (Å²) in [5, 5.41) is 2.10. The topological polar surface area (TPSA) is 8.17 Å². The molecule has 0 radical (unpaired) electrons. The Labute approximate surface area is 168 Å². The quantitative estimate of drug-likeness (QED) is 0.499. The molecule has 0 fully saturated rings. The third kappa shape index (κ3) is 3.52. The van der Waals surface area contributed by atoms with Gasteiger partial charge >= 0.3 is 0 Å². The predicted octanol–water partition coefficient (Wildman–Crippen LogP) is 6.14. The molecule has 0 aliphatic carbocycles. The van der Waals surface area contributed by atoms with Gasteiger partial charge in [0.25, 0.3) is 0 Å². The van der Waals surface area contributed by atoms with Crippen LogP contribution in [0.3, 0.4) is 0 Å². The minimum absolute atomic E-state index is 0.143. The lowest BCUT2D eigenvalue weighted by Crippen LogP contribution is -2.21. The lowest BCUT2D eigenvalue weighted by molar-refractivity contribution is 0.351. The highest BCUT2D eigenvalue weighted by atomic mass is 35.5. The second-order valence-corrected chi connectivity index (χ2v) is 8.04. The maximum Gasteiger partial charge on any atom is 0.142 e. The van der Waals surface area contributed by atoms with Gasteiger partial charge in [0.15, 0.2) is 0 Å². The molecular weight excluding hydrogens is 382 g/mol. The smallest absolute Gasteiger partial charge is 0.142 e. The summed E-state index contributed by atoms with van der Waals surface area (Å²) in [4.78, 5) is 2.35. The second-order valence-electron chi connectivity index (χ2n) is 7.20. The molecule has 27 heavy (non-hydrogen) atoms. The standard InChI is InChI=1S/C22H21Cl2FN2/c1-14(15-3-5-19(24)20(25)11-15)13-27-21-6-4-16(23)12-18(21)17-7-9-26(2)10-8-22(17)27/h3-6,11-13H,7-10H2,1-2H3. The molecule has 0 atom stereocenters. The van der Waals surface area contributed by atoms with Crippen LogP contribution in [-0.4, -0.2) is 29.6 Å². The van der Waals surface area contributed by atoms with Crippen molar-refractivity contribution in [2.45, 2.75) is 19.8 Å². The van der Waals surface area contributed by atoms with Gasteiger partial charge in [-0.15, -0.1) is 0 Å². The van der Waals surface area contributed by atoms with Crippen molar-refractivity contribution in [1.29, 1.82) is 0 Å². The SMILES string of the molecule is CC(=Cn1c2c(c3cc(Cl)ccc31)CCN(C)CC2)c1ccc(Cl)c(F)c1. The fourth-order valence-electron chi connectivity index (χ4n) is 3.82. The van der Waals surface area contributed by atoms with Gasteiger partial charge in [-0.25, -0.2) is 4.39 Å². The third-order valence-corrected chi connectivity index (χ3v) is 5.90. The molecule has 0 N–H and O–H groups in total. The normalized spacial score (nSPS) is 15.8. The molecule has 1 aromatic heterocycles. The summed E-state index contributed by atoms with van der Waals surface area (Å²) in [5.41, 5.74) is 5.63. The zero-order valence-electron chi connectivity index (χ0n) is 15.4. The molecule has 0 saturated carbocycles. The van der Waals surface area contributed by atoms with Gasteiger partial charge < -0.3 is 9.47 Å². The Hall–Kier alpha value is -1.81. The number of rotatable bonds is 2. The van der Waals surface area contributed by atoms with Gasteiger partial charge in [0.05, 0.1) is 10.5 Å². The van der Waals surface area contributed by atoms with Gasteiger partial charge in [-0.1, -0.05) is 29.3 Å². The molecule has 140 valence electrons. The molecular formula is C22H21Cl2FN2. The minimum Gasteiger partial charge on any atom is -0.320 e. The zero-order valence-corrected chi connectivity index (χ0v) is 16.9. The Morgan fingerprint density at radius 3 is 2.63 bits per heavy atom. The van der Waals surface area contributed by atoms with E-state index in [1.807, 2.05) is 19.1 Å². The van der Waals surface area contributed by atoms with Crippen LogP contribution in [0.4, 0.5) is 4.39 Å². The predicted molar refractivity (Wildman–Crippen MR) is 113 cm³/mol. The Morgan fingerprint density at radius 2 is 1.85 bits per heavy atom. The van der Waals surface area contributed by atoms with Crippen LogP contribution in [0.2, 0.25) is 10.0 Å². The van der Waals surface area contributed by atoms with E-state index in [-0.39, 0.29) is 5.02 Å². The maximum atomic E-state index is 13.9. The van der Waals surface area contributed by atoms with E-state index in [0.717, 1.165) is 47.6 Å². The van der Waals surface area contributed by atoms with Crippen LogP contribution < -0.4 is 0 Å². The van der Waals surface area contributed by atoms with Crippen molar-refractivity contribution in [3.63, 3.8) is 0 Å². The van der Waals surface area contributed by atoms with E-state index < -0.39 is 5.82 Å². The van der Waals surface area contributed by atoms with Crippen molar-refractivity contribution in [2.75, 3.05) is 20.1 Å². The first kappa shape index (κ1) is 18.5. The molecule has 2 nitrogen and oxygen atoms in total. The van der Waals surface area contributed by atoms with Crippen molar-refractivity contribution < 1.29 is 4.39 Å². The molecule has 1 aliphatic heterocycles. The highest BCUT2D eigenvalue weighted by molar-refractivity contribution is 6.31. The summed E-state index contributed by atoms with van der Waals surface area (Å²) in [6, 6.07) is 11.0.